The lowest BCUT2D eigenvalue weighted by molar-refractivity contribution is 0.00891. The summed E-state index contributed by atoms with van der Waals surface area (Å²) >= 11 is 2.48. The van der Waals surface area contributed by atoms with E-state index in [1.54, 1.807) is 0 Å². The second-order valence-electron chi connectivity index (χ2n) is 4.53. The number of nitrogens with zero attached hydrogens (tertiary/aromatic N) is 2. The Labute approximate surface area is 124 Å². The molecule has 4 heteroatoms. The van der Waals surface area contributed by atoms with Crippen molar-refractivity contribution in [2.75, 3.05) is 37.2 Å². The first kappa shape index (κ1) is 14.4. The molecule has 0 aliphatic carbocycles. The van der Waals surface area contributed by atoms with Crippen LogP contribution in [-0.4, -0.2) is 53.0 Å². The van der Waals surface area contributed by atoms with Crippen molar-refractivity contribution in [2.24, 2.45) is 0 Å². The Kier molecular flexibility index (Phi) is 7.37. The number of rotatable bonds is 5. The van der Waals surface area contributed by atoms with Crippen molar-refractivity contribution in [3.8, 4) is 0 Å². The van der Waals surface area contributed by atoms with Crippen LogP contribution in [0.15, 0.2) is 0 Å². The summed E-state index contributed by atoms with van der Waals surface area (Å²) in [5.41, 5.74) is 0. The monoisotopic (exact) mass is 436 g/mol. The van der Waals surface area contributed by atoms with Crippen molar-refractivity contribution in [1.29, 1.82) is 0 Å². The summed E-state index contributed by atoms with van der Waals surface area (Å²) in [4.78, 5) is 5.35. The molecule has 90 valence electrons. The predicted molar refractivity (Wildman–Crippen MR) is 84.6 cm³/mol. The van der Waals surface area contributed by atoms with Crippen molar-refractivity contribution in [1.82, 2.24) is 9.80 Å². The molecule has 0 amide bonds. The summed E-state index contributed by atoms with van der Waals surface area (Å²) in [5.74, 6) is 0. The van der Waals surface area contributed by atoms with Gasteiger partial charge in [-0.2, -0.15) is 0 Å². The molecule has 0 radical (unpaired) electrons. The minimum absolute atomic E-state index is 0. The number of hydrogen-bond acceptors (Lipinski definition) is 2. The van der Waals surface area contributed by atoms with Crippen molar-refractivity contribution in [2.45, 2.75) is 31.7 Å². The summed E-state index contributed by atoms with van der Waals surface area (Å²) in [7, 11) is 0. The Hall–Kier alpha value is 1.38. The molecule has 1 unspecified atom stereocenters. The smallest absolute Gasteiger partial charge is 0.0224 e. The average molecular weight is 436 g/mol. The van der Waals surface area contributed by atoms with E-state index in [2.05, 4.69) is 32.4 Å². The number of halogens is 2. The van der Waals surface area contributed by atoms with Crippen LogP contribution in [0.2, 0.25) is 0 Å². The normalized spacial score (nSPS) is 33.8. The Morgan fingerprint density at radius 2 is 1.73 bits per heavy atom. The van der Waals surface area contributed by atoms with E-state index in [4.69, 9.17) is 0 Å². The fourth-order valence-corrected chi connectivity index (χ4v) is 3.19. The third-order valence-corrected chi connectivity index (χ3v) is 4.33. The van der Waals surface area contributed by atoms with Crippen LogP contribution < -0.4 is 0 Å². The molecule has 2 bridgehead atoms. The lowest BCUT2D eigenvalue weighted by Crippen LogP contribution is -2.60. The first-order valence-electron chi connectivity index (χ1n) is 5.92. The van der Waals surface area contributed by atoms with Crippen molar-refractivity contribution in [3.05, 3.63) is 0 Å². The van der Waals surface area contributed by atoms with Crippen molar-refractivity contribution >= 4 is 46.6 Å². The van der Waals surface area contributed by atoms with E-state index in [0.29, 0.717) is 0 Å². The average Bonchev–Trinajstić information content (AvgIpc) is 2.26. The number of fused-ring (bicyclic) bond motifs is 3. The summed E-state index contributed by atoms with van der Waals surface area (Å²) in [6.07, 6.45) is 5.73. The molecule has 0 saturated carbocycles. The zero-order chi connectivity index (χ0) is 9.80. The Balaban J connectivity index is 0.00000112. The summed E-state index contributed by atoms with van der Waals surface area (Å²) < 4.78 is 1.33. The second-order valence-corrected chi connectivity index (χ2v) is 5.61. The van der Waals surface area contributed by atoms with Gasteiger partial charge in [0.15, 0.2) is 0 Å². The van der Waals surface area contributed by atoms with Gasteiger partial charge in [-0.05, 0) is 17.3 Å². The minimum atomic E-state index is 0. The zero-order valence-electron chi connectivity index (χ0n) is 9.33. The zero-order valence-corrected chi connectivity index (χ0v) is 13.8. The van der Waals surface area contributed by atoms with Gasteiger partial charge in [0, 0.05) is 38.8 Å². The first-order chi connectivity index (χ1) is 6.90. The van der Waals surface area contributed by atoms with Crippen LogP contribution in [0.25, 0.3) is 0 Å². The van der Waals surface area contributed by atoms with Crippen LogP contribution in [-0.2, 0) is 0 Å². The highest BCUT2D eigenvalue weighted by Crippen LogP contribution is 2.20. The van der Waals surface area contributed by atoms with Gasteiger partial charge in [0.05, 0.1) is 0 Å². The van der Waals surface area contributed by atoms with Crippen LogP contribution in [0.1, 0.15) is 25.7 Å². The van der Waals surface area contributed by atoms with Crippen molar-refractivity contribution in [3.63, 3.8) is 0 Å². The van der Waals surface area contributed by atoms with Gasteiger partial charge in [0.1, 0.15) is 0 Å². The second kappa shape index (κ2) is 7.66. The van der Waals surface area contributed by atoms with Gasteiger partial charge >= 0.3 is 0 Å². The van der Waals surface area contributed by atoms with E-state index in [0.717, 1.165) is 6.04 Å². The van der Waals surface area contributed by atoms with Crippen LogP contribution in [0, 0.1) is 0 Å². The van der Waals surface area contributed by atoms with Crippen LogP contribution in [0.3, 0.4) is 0 Å². The van der Waals surface area contributed by atoms with E-state index in [9.17, 15) is 0 Å². The molecule has 0 aromatic heterocycles. The van der Waals surface area contributed by atoms with E-state index < -0.39 is 0 Å². The molecule has 0 aromatic rings. The maximum atomic E-state index is 2.71. The standard InChI is InChI=1S/C11H21IN2.HI/c12-5-3-1-2-4-11-10-13-6-8-14(11)9-7-13;/h11H,1-10H2;1H. The summed E-state index contributed by atoms with van der Waals surface area (Å²) in [6, 6.07) is 0.895. The first-order valence-corrected chi connectivity index (χ1v) is 7.45. The maximum Gasteiger partial charge on any atom is 0.0224 e. The van der Waals surface area contributed by atoms with Crippen LogP contribution in [0.5, 0.6) is 0 Å². The lowest BCUT2D eigenvalue weighted by atomic mass is 10.0. The SMILES string of the molecule is I.ICCCCCC1CN2CCN1CC2. The molecule has 3 saturated heterocycles. The fourth-order valence-electron chi connectivity index (χ4n) is 2.65. The molecule has 0 spiro atoms. The molecular weight excluding hydrogens is 414 g/mol. The molecule has 2 nitrogen and oxygen atoms in total. The van der Waals surface area contributed by atoms with Gasteiger partial charge < -0.3 is 0 Å². The number of alkyl halides is 1. The molecule has 1 atom stereocenters. The number of piperazine rings is 3. The predicted octanol–water partition coefficient (Wildman–Crippen LogP) is 2.60. The van der Waals surface area contributed by atoms with Gasteiger partial charge in [0.2, 0.25) is 0 Å². The molecule has 3 fully saturated rings. The van der Waals surface area contributed by atoms with E-state index in [1.165, 1.54) is 62.8 Å². The van der Waals surface area contributed by atoms with Gasteiger partial charge in [-0.15, -0.1) is 24.0 Å². The van der Waals surface area contributed by atoms with Gasteiger partial charge in [0.25, 0.3) is 0 Å². The highest BCUT2D eigenvalue weighted by Gasteiger charge is 2.30. The Morgan fingerprint density at radius 3 is 2.27 bits per heavy atom. The van der Waals surface area contributed by atoms with Gasteiger partial charge in [-0.25, -0.2) is 0 Å². The molecule has 0 N–H and O–H groups in total. The molecule has 15 heavy (non-hydrogen) atoms. The molecular formula is C11H22I2N2. The molecule has 3 aliphatic rings. The van der Waals surface area contributed by atoms with E-state index in [-0.39, 0.29) is 24.0 Å². The minimum Gasteiger partial charge on any atom is -0.299 e. The van der Waals surface area contributed by atoms with E-state index >= 15 is 0 Å². The maximum absolute atomic E-state index is 2.71. The number of hydrogen-bond donors (Lipinski definition) is 0. The third-order valence-electron chi connectivity index (χ3n) is 3.56. The van der Waals surface area contributed by atoms with Crippen LogP contribution >= 0.6 is 46.6 Å². The third kappa shape index (κ3) is 4.27. The quantitative estimate of drug-likeness (QED) is 0.372. The van der Waals surface area contributed by atoms with Gasteiger partial charge in [-0.1, -0.05) is 35.4 Å². The van der Waals surface area contributed by atoms with Crippen molar-refractivity contribution < 1.29 is 0 Å². The lowest BCUT2D eigenvalue weighted by Gasteiger charge is -2.47. The topological polar surface area (TPSA) is 6.48 Å². The fraction of sp³-hybridized carbons (Fsp3) is 1.00. The summed E-state index contributed by atoms with van der Waals surface area (Å²) in [6.45, 7) is 6.66. The highest BCUT2D eigenvalue weighted by atomic mass is 127. The van der Waals surface area contributed by atoms with E-state index in [1.807, 2.05) is 0 Å². The highest BCUT2D eigenvalue weighted by molar-refractivity contribution is 14.1. The molecule has 3 rings (SSSR count). The Morgan fingerprint density at radius 1 is 1.00 bits per heavy atom. The van der Waals surface area contributed by atoms with Crippen LogP contribution in [0.4, 0.5) is 0 Å². The molecule has 3 aliphatic heterocycles. The molecule has 3 heterocycles. The summed E-state index contributed by atoms with van der Waals surface area (Å²) in [5, 5.41) is 0. The Bertz CT molecular complexity index is 170. The number of unbranched alkanes of at least 4 members (excludes halogenated alkanes) is 2. The largest absolute Gasteiger partial charge is 0.299 e. The molecule has 0 aromatic carbocycles. The van der Waals surface area contributed by atoms with Gasteiger partial charge in [-0.3, -0.25) is 9.80 Å².